The van der Waals surface area contributed by atoms with Crippen LogP contribution in [0.25, 0.3) is 11.0 Å². The van der Waals surface area contributed by atoms with Crippen LogP contribution in [-0.2, 0) is 17.8 Å². The molecule has 0 aliphatic rings. The molecule has 1 aromatic heterocycles. The van der Waals surface area contributed by atoms with Gasteiger partial charge in [0.2, 0.25) is 5.91 Å². The van der Waals surface area contributed by atoms with Crippen molar-refractivity contribution in [2.24, 2.45) is 0 Å². The Kier molecular flexibility index (Phi) is 5.03. The van der Waals surface area contributed by atoms with Crippen LogP contribution in [0.15, 0.2) is 78.9 Å². The molecule has 0 bridgehead atoms. The maximum Gasteiger partial charge on any atom is 0.269 e. The van der Waals surface area contributed by atoms with Crippen LogP contribution in [0.2, 0.25) is 0 Å². The smallest absolute Gasteiger partial charge is 0.269 e. The summed E-state index contributed by atoms with van der Waals surface area (Å²) in [4.78, 5) is 27.7. The molecule has 0 radical (unpaired) electrons. The summed E-state index contributed by atoms with van der Waals surface area (Å²) in [6.07, 6.45) is 0.611. The average molecular weight is 386 g/mol. The Morgan fingerprint density at radius 3 is 2.38 bits per heavy atom. The second-order valence-electron chi connectivity index (χ2n) is 6.62. The second-order valence-corrected chi connectivity index (χ2v) is 6.62. The van der Waals surface area contributed by atoms with Gasteiger partial charge in [-0.25, -0.2) is 4.98 Å². The van der Waals surface area contributed by atoms with Crippen molar-refractivity contribution in [3.8, 4) is 0 Å². The zero-order chi connectivity index (χ0) is 20.2. The number of non-ortho nitro benzene ring substituents is 1. The number of nitrogens with one attached hydrogen (secondary N) is 1. The van der Waals surface area contributed by atoms with E-state index in [2.05, 4.69) is 5.32 Å². The minimum absolute atomic E-state index is 0.0197. The van der Waals surface area contributed by atoms with Gasteiger partial charge in [0.1, 0.15) is 12.4 Å². The summed E-state index contributed by atoms with van der Waals surface area (Å²) in [7, 11) is 0. The Labute approximate surface area is 166 Å². The van der Waals surface area contributed by atoms with E-state index < -0.39 is 4.92 Å². The van der Waals surface area contributed by atoms with E-state index in [1.165, 1.54) is 24.3 Å². The molecule has 29 heavy (non-hydrogen) atoms. The molecule has 1 heterocycles. The Hall–Kier alpha value is -4.00. The number of amides is 1. The molecular weight excluding hydrogens is 368 g/mol. The van der Waals surface area contributed by atoms with Crippen LogP contribution < -0.4 is 5.32 Å². The Morgan fingerprint density at radius 2 is 1.66 bits per heavy atom. The van der Waals surface area contributed by atoms with E-state index >= 15 is 0 Å². The van der Waals surface area contributed by atoms with Crippen LogP contribution in [-0.4, -0.2) is 20.4 Å². The lowest BCUT2D eigenvalue weighted by atomic mass is 10.1. The van der Waals surface area contributed by atoms with E-state index in [-0.39, 0.29) is 18.1 Å². The zero-order valence-corrected chi connectivity index (χ0v) is 15.5. The quantitative estimate of drug-likeness (QED) is 0.398. The molecule has 0 aliphatic carbocycles. The fraction of sp³-hybridized carbons (Fsp3) is 0.0909. The molecule has 1 N–H and O–H groups in total. The van der Waals surface area contributed by atoms with Crippen LogP contribution in [0.4, 0.5) is 11.4 Å². The molecule has 3 aromatic carbocycles. The summed E-state index contributed by atoms with van der Waals surface area (Å²) in [6.45, 7) is 0.0969. The van der Waals surface area contributed by atoms with Gasteiger partial charge in [-0.2, -0.15) is 0 Å². The van der Waals surface area contributed by atoms with Gasteiger partial charge < -0.3 is 9.88 Å². The first-order valence-corrected chi connectivity index (χ1v) is 9.12. The fourth-order valence-corrected chi connectivity index (χ4v) is 3.23. The van der Waals surface area contributed by atoms with Crippen molar-refractivity contribution in [3.05, 3.63) is 100 Å². The van der Waals surface area contributed by atoms with E-state index in [0.29, 0.717) is 12.1 Å². The number of nitro benzene ring substituents is 1. The molecule has 0 fully saturated rings. The minimum atomic E-state index is -0.473. The van der Waals surface area contributed by atoms with E-state index in [1.807, 2.05) is 59.2 Å². The molecule has 0 unspecified atom stereocenters. The third-order valence-corrected chi connectivity index (χ3v) is 4.60. The predicted octanol–water partition coefficient (Wildman–Crippen LogP) is 4.17. The van der Waals surface area contributed by atoms with E-state index in [0.717, 1.165) is 22.4 Å². The highest BCUT2D eigenvalue weighted by Gasteiger charge is 2.14. The van der Waals surface area contributed by atoms with Gasteiger partial charge in [0.25, 0.3) is 5.69 Å². The number of aromatic nitrogens is 2. The number of hydrogen-bond donors (Lipinski definition) is 1. The summed E-state index contributed by atoms with van der Waals surface area (Å²) < 4.78 is 1.91. The maximum absolute atomic E-state index is 12.7. The minimum Gasteiger partial charge on any atom is -0.325 e. The molecule has 7 heteroatoms. The number of rotatable bonds is 6. The number of imidazole rings is 1. The molecule has 1 amide bonds. The fourth-order valence-electron chi connectivity index (χ4n) is 3.23. The summed E-state index contributed by atoms with van der Waals surface area (Å²) in [5.74, 6) is 0.576. The standard InChI is InChI=1S/C22H18N4O3/c27-22(23-17-10-12-18(13-11-17)26(28)29)15-25-20-9-5-4-8-19(20)24-21(25)14-16-6-2-1-3-7-16/h1-13H,14-15H2,(H,23,27). The van der Waals surface area contributed by atoms with Gasteiger partial charge >= 0.3 is 0 Å². The van der Waals surface area contributed by atoms with Crippen molar-refractivity contribution in [1.82, 2.24) is 9.55 Å². The SMILES string of the molecule is O=C(Cn1c(Cc2ccccc2)nc2ccccc21)Nc1ccc([N+](=O)[O-])cc1. The lowest BCUT2D eigenvalue weighted by Gasteiger charge is -2.10. The number of carbonyl (C=O) groups is 1. The number of benzene rings is 3. The Morgan fingerprint density at radius 1 is 0.966 bits per heavy atom. The monoisotopic (exact) mass is 386 g/mol. The first-order chi connectivity index (χ1) is 14.1. The third kappa shape index (κ3) is 4.14. The van der Waals surface area contributed by atoms with E-state index in [4.69, 9.17) is 4.98 Å². The van der Waals surface area contributed by atoms with Crippen molar-refractivity contribution >= 4 is 28.3 Å². The highest BCUT2D eigenvalue weighted by atomic mass is 16.6. The average Bonchev–Trinajstić information content (AvgIpc) is 3.06. The predicted molar refractivity (Wildman–Crippen MR) is 111 cm³/mol. The molecular formula is C22H18N4O3. The number of nitro groups is 1. The van der Waals surface area contributed by atoms with E-state index in [1.54, 1.807) is 0 Å². The maximum atomic E-state index is 12.7. The van der Waals surface area contributed by atoms with Gasteiger partial charge in [-0.3, -0.25) is 14.9 Å². The molecule has 4 rings (SSSR count). The number of anilines is 1. The highest BCUT2D eigenvalue weighted by molar-refractivity contribution is 5.91. The van der Waals surface area contributed by atoms with Crippen LogP contribution in [0.5, 0.6) is 0 Å². The molecule has 0 aliphatic heterocycles. The molecule has 144 valence electrons. The Bertz CT molecular complexity index is 1170. The van der Waals surface area contributed by atoms with Gasteiger partial charge in [0.05, 0.1) is 16.0 Å². The van der Waals surface area contributed by atoms with Crippen LogP contribution in [0, 0.1) is 10.1 Å². The molecule has 0 saturated heterocycles. The molecule has 7 nitrogen and oxygen atoms in total. The van der Waals surface area contributed by atoms with Crippen LogP contribution >= 0.6 is 0 Å². The van der Waals surface area contributed by atoms with Gasteiger partial charge in [0, 0.05) is 24.2 Å². The van der Waals surface area contributed by atoms with Crippen LogP contribution in [0.1, 0.15) is 11.4 Å². The first kappa shape index (κ1) is 18.4. The van der Waals surface area contributed by atoms with Crippen molar-refractivity contribution in [2.75, 3.05) is 5.32 Å². The summed E-state index contributed by atoms with van der Waals surface area (Å²) >= 11 is 0. The third-order valence-electron chi connectivity index (χ3n) is 4.60. The van der Waals surface area contributed by atoms with Gasteiger partial charge in [-0.05, 0) is 29.8 Å². The lowest BCUT2D eigenvalue weighted by Crippen LogP contribution is -2.20. The number of fused-ring (bicyclic) bond motifs is 1. The lowest BCUT2D eigenvalue weighted by molar-refractivity contribution is -0.384. The summed E-state index contributed by atoms with van der Waals surface area (Å²) in [5, 5.41) is 13.6. The van der Waals surface area contributed by atoms with Crippen LogP contribution in [0.3, 0.4) is 0 Å². The van der Waals surface area contributed by atoms with Crippen molar-refractivity contribution in [1.29, 1.82) is 0 Å². The number of hydrogen-bond acceptors (Lipinski definition) is 4. The molecule has 4 aromatic rings. The zero-order valence-electron chi connectivity index (χ0n) is 15.5. The van der Waals surface area contributed by atoms with Crippen molar-refractivity contribution in [3.63, 3.8) is 0 Å². The topological polar surface area (TPSA) is 90.1 Å². The van der Waals surface area contributed by atoms with Crippen molar-refractivity contribution < 1.29 is 9.72 Å². The molecule has 0 atom stereocenters. The number of para-hydroxylation sites is 2. The first-order valence-electron chi connectivity index (χ1n) is 9.12. The largest absolute Gasteiger partial charge is 0.325 e. The van der Waals surface area contributed by atoms with Gasteiger partial charge in [-0.1, -0.05) is 42.5 Å². The van der Waals surface area contributed by atoms with Crippen molar-refractivity contribution in [2.45, 2.75) is 13.0 Å². The molecule has 0 saturated carbocycles. The second kappa shape index (κ2) is 7.93. The van der Waals surface area contributed by atoms with E-state index in [9.17, 15) is 14.9 Å². The number of carbonyl (C=O) groups excluding carboxylic acids is 1. The summed E-state index contributed by atoms with van der Waals surface area (Å²) in [6, 6.07) is 23.4. The Balaban J connectivity index is 1.58. The normalized spacial score (nSPS) is 10.8. The van der Waals surface area contributed by atoms with Gasteiger partial charge in [0.15, 0.2) is 0 Å². The molecule has 0 spiro atoms. The highest BCUT2D eigenvalue weighted by Crippen LogP contribution is 2.20. The van der Waals surface area contributed by atoms with Gasteiger partial charge in [-0.15, -0.1) is 0 Å². The summed E-state index contributed by atoms with van der Waals surface area (Å²) in [5.41, 5.74) is 3.32. The number of nitrogens with zero attached hydrogens (tertiary/aromatic N) is 3.